The zero-order valence-corrected chi connectivity index (χ0v) is 21.6. The van der Waals surface area contributed by atoms with Crippen LogP contribution in [-0.2, 0) is 5.41 Å². The molecule has 0 N–H and O–H groups in total. The van der Waals surface area contributed by atoms with E-state index in [-0.39, 0.29) is 0 Å². The Bertz CT molecular complexity index is 1950. The summed E-state index contributed by atoms with van der Waals surface area (Å²) in [5, 5.41) is 9.17. The van der Waals surface area contributed by atoms with Gasteiger partial charge in [-0.1, -0.05) is 109 Å². The van der Waals surface area contributed by atoms with Crippen molar-refractivity contribution in [1.82, 2.24) is 0 Å². The quantitative estimate of drug-likeness (QED) is 0.233. The second-order valence-corrected chi connectivity index (χ2v) is 10.4. The number of nitriles is 1. The van der Waals surface area contributed by atoms with Crippen LogP contribution >= 0.6 is 0 Å². The average Bonchev–Trinajstić information content (AvgIpc) is 3.32. The first-order valence-electron chi connectivity index (χ1n) is 13.5. The Kier molecular flexibility index (Phi) is 4.83. The van der Waals surface area contributed by atoms with E-state index in [1.165, 1.54) is 27.8 Å². The molecule has 0 unspecified atom stereocenters. The van der Waals surface area contributed by atoms with Crippen molar-refractivity contribution in [3.05, 3.63) is 167 Å². The molecule has 186 valence electrons. The molecule has 0 saturated heterocycles. The maximum atomic E-state index is 9.17. The molecule has 2 aliphatic rings. The highest BCUT2D eigenvalue weighted by Crippen LogP contribution is 2.62. The van der Waals surface area contributed by atoms with E-state index >= 15 is 0 Å². The Labute approximate surface area is 233 Å². The lowest BCUT2D eigenvalue weighted by Gasteiger charge is -2.39. The molecular weight excluding hydrogens is 486 g/mol. The SMILES string of the molecule is N#Cc1ccc(-c2cccc(-c3ccc4c(c3)Oc3ccccc3C43c4ccccc4-c4ccccc43)c2)cc1. The maximum absolute atomic E-state index is 9.17. The number of fused-ring (bicyclic) bond motifs is 9. The number of hydrogen-bond donors (Lipinski definition) is 0. The molecule has 0 radical (unpaired) electrons. The third-order valence-corrected chi connectivity index (χ3v) is 8.39. The van der Waals surface area contributed by atoms with Gasteiger partial charge in [-0.15, -0.1) is 0 Å². The van der Waals surface area contributed by atoms with Crippen molar-refractivity contribution in [3.8, 4) is 50.9 Å². The van der Waals surface area contributed by atoms with Crippen LogP contribution in [0.1, 0.15) is 27.8 Å². The van der Waals surface area contributed by atoms with E-state index in [1.807, 2.05) is 24.3 Å². The van der Waals surface area contributed by atoms with Crippen LogP contribution in [0, 0.1) is 11.3 Å². The molecule has 1 heterocycles. The summed E-state index contributed by atoms with van der Waals surface area (Å²) >= 11 is 0. The van der Waals surface area contributed by atoms with E-state index in [4.69, 9.17) is 4.74 Å². The largest absolute Gasteiger partial charge is 0.457 e. The number of rotatable bonds is 2. The summed E-state index contributed by atoms with van der Waals surface area (Å²) in [6.07, 6.45) is 0. The van der Waals surface area contributed by atoms with Crippen molar-refractivity contribution in [2.75, 3.05) is 0 Å². The van der Waals surface area contributed by atoms with Gasteiger partial charge in [0.25, 0.3) is 0 Å². The van der Waals surface area contributed by atoms with Gasteiger partial charge in [-0.05, 0) is 74.8 Å². The van der Waals surface area contributed by atoms with E-state index < -0.39 is 5.41 Å². The first-order chi connectivity index (χ1) is 19.8. The van der Waals surface area contributed by atoms with Gasteiger partial charge in [0.05, 0.1) is 17.0 Å². The number of nitrogens with zero attached hydrogens (tertiary/aromatic N) is 1. The highest BCUT2D eigenvalue weighted by molar-refractivity contribution is 5.89. The Morgan fingerprint density at radius 1 is 0.450 bits per heavy atom. The molecule has 2 heteroatoms. The van der Waals surface area contributed by atoms with E-state index in [2.05, 4.69) is 121 Å². The second-order valence-electron chi connectivity index (χ2n) is 10.4. The van der Waals surface area contributed by atoms with Crippen LogP contribution in [0.5, 0.6) is 11.5 Å². The summed E-state index contributed by atoms with van der Waals surface area (Å²) < 4.78 is 6.67. The summed E-state index contributed by atoms with van der Waals surface area (Å²) in [4.78, 5) is 0. The summed E-state index contributed by atoms with van der Waals surface area (Å²) in [7, 11) is 0. The molecule has 0 aromatic heterocycles. The monoisotopic (exact) mass is 509 g/mol. The normalized spacial score (nSPS) is 13.4. The number of benzene rings is 6. The van der Waals surface area contributed by atoms with Crippen molar-refractivity contribution in [1.29, 1.82) is 5.26 Å². The molecule has 6 aromatic rings. The second kappa shape index (κ2) is 8.56. The lowest BCUT2D eigenvalue weighted by molar-refractivity contribution is 0.436. The van der Waals surface area contributed by atoms with Gasteiger partial charge in [-0.25, -0.2) is 0 Å². The molecule has 1 aliphatic heterocycles. The third kappa shape index (κ3) is 3.09. The van der Waals surface area contributed by atoms with Crippen LogP contribution < -0.4 is 4.74 Å². The van der Waals surface area contributed by atoms with Crippen molar-refractivity contribution in [3.63, 3.8) is 0 Å². The molecule has 0 amide bonds. The van der Waals surface area contributed by atoms with E-state index in [0.717, 1.165) is 39.3 Å². The van der Waals surface area contributed by atoms with E-state index in [1.54, 1.807) is 0 Å². The fourth-order valence-corrected chi connectivity index (χ4v) is 6.66. The van der Waals surface area contributed by atoms with Gasteiger partial charge in [0.1, 0.15) is 11.5 Å². The van der Waals surface area contributed by atoms with Crippen LogP contribution in [0.4, 0.5) is 0 Å². The minimum Gasteiger partial charge on any atom is -0.457 e. The predicted octanol–water partition coefficient (Wildman–Crippen LogP) is 9.36. The molecule has 0 atom stereocenters. The summed E-state index contributed by atoms with van der Waals surface area (Å²) in [5.74, 6) is 1.77. The van der Waals surface area contributed by atoms with Gasteiger partial charge in [-0.3, -0.25) is 0 Å². The summed E-state index contributed by atoms with van der Waals surface area (Å²) in [6, 6.07) is 51.2. The highest BCUT2D eigenvalue weighted by atomic mass is 16.5. The minimum absolute atomic E-state index is 0.444. The molecule has 8 rings (SSSR count). The average molecular weight is 510 g/mol. The van der Waals surface area contributed by atoms with Crippen LogP contribution in [0.3, 0.4) is 0 Å². The highest BCUT2D eigenvalue weighted by Gasteiger charge is 2.50. The number of ether oxygens (including phenoxy) is 1. The fourth-order valence-electron chi connectivity index (χ4n) is 6.66. The first-order valence-corrected chi connectivity index (χ1v) is 13.5. The molecule has 2 nitrogen and oxygen atoms in total. The Balaban J connectivity index is 1.33. The Hall–Kier alpha value is -5.39. The molecular formula is C38H23NO. The number of hydrogen-bond acceptors (Lipinski definition) is 2. The van der Waals surface area contributed by atoms with Gasteiger partial charge in [0.15, 0.2) is 0 Å². The summed E-state index contributed by atoms with van der Waals surface area (Å²) in [6.45, 7) is 0. The van der Waals surface area contributed by atoms with Crippen molar-refractivity contribution in [2.24, 2.45) is 0 Å². The van der Waals surface area contributed by atoms with E-state index in [9.17, 15) is 5.26 Å². The molecule has 40 heavy (non-hydrogen) atoms. The van der Waals surface area contributed by atoms with Gasteiger partial charge in [0.2, 0.25) is 0 Å². The third-order valence-electron chi connectivity index (χ3n) is 8.39. The molecule has 0 bridgehead atoms. The van der Waals surface area contributed by atoms with E-state index in [0.29, 0.717) is 5.56 Å². The lowest BCUT2D eigenvalue weighted by atomic mass is 9.66. The van der Waals surface area contributed by atoms with Crippen LogP contribution in [0.2, 0.25) is 0 Å². The van der Waals surface area contributed by atoms with Crippen molar-refractivity contribution < 1.29 is 4.74 Å². The topological polar surface area (TPSA) is 33.0 Å². The predicted molar refractivity (Wildman–Crippen MR) is 159 cm³/mol. The minimum atomic E-state index is -0.444. The maximum Gasteiger partial charge on any atom is 0.132 e. The summed E-state index contributed by atoms with van der Waals surface area (Å²) in [5.41, 5.74) is 12.1. The Morgan fingerprint density at radius 2 is 1.00 bits per heavy atom. The van der Waals surface area contributed by atoms with Crippen molar-refractivity contribution in [2.45, 2.75) is 5.41 Å². The van der Waals surface area contributed by atoms with Gasteiger partial charge < -0.3 is 4.74 Å². The van der Waals surface area contributed by atoms with Gasteiger partial charge >= 0.3 is 0 Å². The van der Waals surface area contributed by atoms with Crippen molar-refractivity contribution >= 4 is 0 Å². The molecule has 0 saturated carbocycles. The van der Waals surface area contributed by atoms with Crippen LogP contribution in [-0.4, -0.2) is 0 Å². The molecule has 1 aliphatic carbocycles. The van der Waals surface area contributed by atoms with Crippen LogP contribution in [0.15, 0.2) is 140 Å². The fraction of sp³-hybridized carbons (Fsp3) is 0.0263. The van der Waals surface area contributed by atoms with Crippen LogP contribution in [0.25, 0.3) is 33.4 Å². The lowest BCUT2D eigenvalue weighted by Crippen LogP contribution is -2.32. The Morgan fingerprint density at radius 3 is 1.70 bits per heavy atom. The molecule has 6 aromatic carbocycles. The molecule has 0 fully saturated rings. The van der Waals surface area contributed by atoms with Gasteiger partial charge in [-0.2, -0.15) is 5.26 Å². The zero-order chi connectivity index (χ0) is 26.7. The number of para-hydroxylation sites is 1. The van der Waals surface area contributed by atoms with Gasteiger partial charge in [0, 0.05) is 11.1 Å². The molecule has 1 spiro atoms. The smallest absolute Gasteiger partial charge is 0.132 e. The first kappa shape index (κ1) is 22.6. The zero-order valence-electron chi connectivity index (χ0n) is 21.6. The standard InChI is InChI=1S/C38H23NO/c39-24-25-16-18-26(19-17-25)27-8-7-9-28(22-27)29-20-21-35-37(23-29)40-36-15-6-5-14-34(36)38(35)32-12-3-1-10-30(32)31-11-2-4-13-33(31)38/h1-23H.